The summed E-state index contributed by atoms with van der Waals surface area (Å²) in [5.41, 5.74) is 2.11. The number of ether oxygens (including phenoxy) is 3. The molecule has 2 aromatic rings. The molecule has 32 heavy (non-hydrogen) atoms. The van der Waals surface area contributed by atoms with Crippen LogP contribution in [0.3, 0.4) is 0 Å². The number of halogens is 1. The number of guanidine groups is 1. The molecule has 1 fully saturated rings. The van der Waals surface area contributed by atoms with Gasteiger partial charge in [0.2, 0.25) is 0 Å². The second kappa shape index (κ2) is 14.1. The van der Waals surface area contributed by atoms with Crippen LogP contribution in [0.5, 0.6) is 11.5 Å². The van der Waals surface area contributed by atoms with Crippen LogP contribution in [0, 0.1) is 5.92 Å². The van der Waals surface area contributed by atoms with E-state index in [0.29, 0.717) is 19.1 Å². The molecule has 2 N–H and O–H groups in total. The molecule has 0 bridgehead atoms. The Balaban J connectivity index is 0.00000363. The Labute approximate surface area is 208 Å². The third-order valence-electron chi connectivity index (χ3n) is 5.35. The van der Waals surface area contributed by atoms with E-state index < -0.39 is 0 Å². The molecule has 0 radical (unpaired) electrons. The van der Waals surface area contributed by atoms with Crippen LogP contribution >= 0.6 is 24.0 Å². The highest BCUT2D eigenvalue weighted by Crippen LogP contribution is 2.31. The van der Waals surface area contributed by atoms with Crippen molar-refractivity contribution in [3.05, 3.63) is 48.5 Å². The molecule has 0 spiro atoms. The van der Waals surface area contributed by atoms with E-state index in [1.165, 1.54) is 0 Å². The molecule has 1 aliphatic rings. The molecule has 2 aromatic carbocycles. The van der Waals surface area contributed by atoms with Crippen LogP contribution < -0.4 is 25.0 Å². The Hall–Kier alpha value is -2.20. The van der Waals surface area contributed by atoms with E-state index in [1.54, 1.807) is 21.3 Å². The zero-order valence-electron chi connectivity index (χ0n) is 19.2. The third-order valence-corrected chi connectivity index (χ3v) is 5.35. The van der Waals surface area contributed by atoms with Crippen LogP contribution in [0.4, 0.5) is 11.4 Å². The zero-order valence-corrected chi connectivity index (χ0v) is 21.5. The lowest BCUT2D eigenvalue weighted by Crippen LogP contribution is -2.35. The van der Waals surface area contributed by atoms with E-state index in [0.717, 1.165) is 61.3 Å². The largest absolute Gasteiger partial charge is 0.495 e. The molecule has 7 nitrogen and oxygen atoms in total. The van der Waals surface area contributed by atoms with Crippen molar-refractivity contribution in [3.8, 4) is 11.5 Å². The van der Waals surface area contributed by atoms with Crippen molar-refractivity contribution in [2.24, 2.45) is 10.9 Å². The first-order valence-corrected chi connectivity index (χ1v) is 10.8. The summed E-state index contributed by atoms with van der Waals surface area (Å²) in [7, 11) is 5.21. The Morgan fingerprint density at radius 3 is 2.75 bits per heavy atom. The van der Waals surface area contributed by atoms with Gasteiger partial charge in [-0.15, -0.1) is 24.0 Å². The highest BCUT2D eigenvalue weighted by Gasteiger charge is 2.24. The topological polar surface area (TPSA) is 67.4 Å². The van der Waals surface area contributed by atoms with Crippen molar-refractivity contribution in [1.29, 1.82) is 0 Å². The number of anilines is 2. The molecular weight excluding hydrogens is 519 g/mol. The van der Waals surface area contributed by atoms with Crippen molar-refractivity contribution in [1.82, 2.24) is 5.32 Å². The van der Waals surface area contributed by atoms with Gasteiger partial charge in [-0.1, -0.05) is 18.2 Å². The van der Waals surface area contributed by atoms with Crippen molar-refractivity contribution < 1.29 is 14.2 Å². The first kappa shape index (κ1) is 26.1. The van der Waals surface area contributed by atoms with E-state index in [9.17, 15) is 0 Å². The van der Waals surface area contributed by atoms with E-state index >= 15 is 0 Å². The van der Waals surface area contributed by atoms with Crippen LogP contribution in [0.1, 0.15) is 12.8 Å². The lowest BCUT2D eigenvalue weighted by atomic mass is 10.1. The quantitative estimate of drug-likeness (QED) is 0.198. The number of nitrogens with zero attached hydrogens (tertiary/aromatic N) is 2. The average Bonchev–Trinajstić information content (AvgIpc) is 3.28. The van der Waals surface area contributed by atoms with Crippen LogP contribution in [-0.2, 0) is 4.74 Å². The minimum Gasteiger partial charge on any atom is -0.495 e. The Morgan fingerprint density at radius 1 is 1.12 bits per heavy atom. The van der Waals surface area contributed by atoms with E-state index in [1.807, 2.05) is 36.4 Å². The number of nitrogens with one attached hydrogen (secondary N) is 2. The smallest absolute Gasteiger partial charge is 0.195 e. The highest BCUT2D eigenvalue weighted by atomic mass is 127. The summed E-state index contributed by atoms with van der Waals surface area (Å²) in [5, 5.41) is 6.82. The second-order valence-electron chi connectivity index (χ2n) is 7.57. The van der Waals surface area contributed by atoms with Crippen LogP contribution in [0.15, 0.2) is 53.5 Å². The maximum absolute atomic E-state index is 5.78. The number of aliphatic imine (C=N–C) groups is 1. The molecule has 0 aliphatic carbocycles. The molecule has 1 atom stereocenters. The Kier molecular flexibility index (Phi) is 11.4. The van der Waals surface area contributed by atoms with Gasteiger partial charge in [-0.3, -0.25) is 4.99 Å². The Morgan fingerprint density at radius 2 is 1.97 bits per heavy atom. The number of para-hydroxylation sites is 2. The van der Waals surface area contributed by atoms with Gasteiger partial charge in [0.1, 0.15) is 11.5 Å². The number of hydrogen-bond donors (Lipinski definition) is 2. The molecule has 3 rings (SSSR count). The SMILES string of the molecule is CN=C(NCC1CCN(c2ccccc2OC)C1)Nc1cccc(OCCCOC)c1.I. The van der Waals surface area contributed by atoms with Gasteiger partial charge in [-0.25, -0.2) is 0 Å². The fraction of sp³-hybridized carbons (Fsp3) is 0.458. The normalized spacial score (nSPS) is 15.8. The maximum atomic E-state index is 5.78. The van der Waals surface area contributed by atoms with Gasteiger partial charge in [0.05, 0.1) is 19.4 Å². The summed E-state index contributed by atoms with van der Waals surface area (Å²) in [6, 6.07) is 16.1. The summed E-state index contributed by atoms with van der Waals surface area (Å²) >= 11 is 0. The molecule has 176 valence electrons. The fourth-order valence-electron chi connectivity index (χ4n) is 3.72. The summed E-state index contributed by atoms with van der Waals surface area (Å²) in [6.07, 6.45) is 2.00. The van der Waals surface area contributed by atoms with Crippen LogP contribution in [-0.4, -0.2) is 60.1 Å². The monoisotopic (exact) mass is 554 g/mol. The number of benzene rings is 2. The minimum absolute atomic E-state index is 0. The minimum atomic E-state index is 0. The first-order valence-electron chi connectivity index (χ1n) is 10.8. The summed E-state index contributed by atoms with van der Waals surface area (Å²) in [6.45, 7) is 4.22. The molecule has 0 amide bonds. The maximum Gasteiger partial charge on any atom is 0.195 e. The van der Waals surface area contributed by atoms with Gasteiger partial charge in [0, 0.05) is 58.6 Å². The molecular formula is C24H35IN4O3. The standard InChI is InChI=1S/C24H34N4O3.HI/c1-25-24(27-20-8-6-9-21(16-20)31-15-7-14-29-2)26-17-19-12-13-28(18-19)22-10-4-5-11-23(22)30-3;/h4-6,8-11,16,19H,7,12-15,17-18H2,1-3H3,(H2,25,26,27);1H. The Bertz CT molecular complexity index is 849. The molecule has 1 aliphatic heterocycles. The fourth-order valence-corrected chi connectivity index (χ4v) is 3.72. The van der Waals surface area contributed by atoms with Crippen molar-refractivity contribution in [2.45, 2.75) is 12.8 Å². The van der Waals surface area contributed by atoms with Crippen LogP contribution in [0.2, 0.25) is 0 Å². The average molecular weight is 554 g/mol. The highest BCUT2D eigenvalue weighted by molar-refractivity contribution is 14.0. The van der Waals surface area contributed by atoms with E-state index in [-0.39, 0.29) is 24.0 Å². The van der Waals surface area contributed by atoms with Crippen molar-refractivity contribution in [3.63, 3.8) is 0 Å². The van der Waals surface area contributed by atoms with Crippen molar-refractivity contribution in [2.75, 3.05) is 64.3 Å². The van der Waals surface area contributed by atoms with Gasteiger partial charge < -0.3 is 29.7 Å². The van der Waals surface area contributed by atoms with Crippen molar-refractivity contribution >= 4 is 41.3 Å². The molecule has 1 unspecified atom stereocenters. The number of hydrogen-bond acceptors (Lipinski definition) is 5. The van der Waals surface area contributed by atoms with E-state index in [4.69, 9.17) is 14.2 Å². The lowest BCUT2D eigenvalue weighted by Gasteiger charge is -2.21. The van der Waals surface area contributed by atoms with Crippen LogP contribution in [0.25, 0.3) is 0 Å². The first-order chi connectivity index (χ1) is 15.2. The third kappa shape index (κ3) is 7.74. The van der Waals surface area contributed by atoms with Gasteiger partial charge in [-0.05, 0) is 36.6 Å². The molecule has 0 saturated carbocycles. The summed E-state index contributed by atoms with van der Waals surface area (Å²) in [5.74, 6) is 3.06. The summed E-state index contributed by atoms with van der Waals surface area (Å²) in [4.78, 5) is 6.76. The number of rotatable bonds is 10. The number of methoxy groups -OCH3 is 2. The predicted octanol–water partition coefficient (Wildman–Crippen LogP) is 4.24. The molecule has 8 heteroatoms. The van der Waals surface area contributed by atoms with Gasteiger partial charge >= 0.3 is 0 Å². The molecule has 0 aromatic heterocycles. The van der Waals surface area contributed by atoms with Gasteiger partial charge in [0.15, 0.2) is 5.96 Å². The van der Waals surface area contributed by atoms with Gasteiger partial charge in [-0.2, -0.15) is 0 Å². The summed E-state index contributed by atoms with van der Waals surface area (Å²) < 4.78 is 16.4. The lowest BCUT2D eigenvalue weighted by molar-refractivity contribution is 0.172. The van der Waals surface area contributed by atoms with E-state index in [2.05, 4.69) is 32.7 Å². The van der Waals surface area contributed by atoms with Gasteiger partial charge in [0.25, 0.3) is 0 Å². The molecule has 1 saturated heterocycles. The zero-order chi connectivity index (χ0) is 21.9. The second-order valence-corrected chi connectivity index (χ2v) is 7.57. The predicted molar refractivity (Wildman–Crippen MR) is 142 cm³/mol. The molecule has 1 heterocycles.